The minimum atomic E-state index is -3.43. The van der Waals surface area contributed by atoms with Gasteiger partial charge < -0.3 is 35.3 Å². The molecule has 0 amide bonds. The van der Waals surface area contributed by atoms with Gasteiger partial charge in [0.05, 0.1) is 45.7 Å². The molecule has 2 fully saturated rings. The lowest BCUT2D eigenvalue weighted by molar-refractivity contribution is -0.0299. The van der Waals surface area contributed by atoms with Gasteiger partial charge >= 0.3 is 0 Å². The summed E-state index contributed by atoms with van der Waals surface area (Å²) in [6, 6.07) is 15.7. The number of aromatic nitrogens is 8. The molecule has 18 nitrogen and oxygen atoms in total. The predicted molar refractivity (Wildman–Crippen MR) is 232 cm³/mol. The maximum absolute atomic E-state index is 12.4. The van der Waals surface area contributed by atoms with E-state index in [-0.39, 0.29) is 37.2 Å². The maximum atomic E-state index is 12.4. The second-order valence-electron chi connectivity index (χ2n) is 15.4. The van der Waals surface area contributed by atoms with E-state index in [4.69, 9.17) is 24.7 Å². The molecule has 0 radical (unpaired) electrons. The largest absolute Gasteiger partial charge is 0.497 e. The van der Waals surface area contributed by atoms with Gasteiger partial charge in [0, 0.05) is 26.3 Å². The average Bonchev–Trinajstić information content (AvgIpc) is 3.92. The Morgan fingerprint density at radius 2 is 1.18 bits per heavy atom. The topological polar surface area (TPSA) is 220 Å². The van der Waals surface area contributed by atoms with Crippen molar-refractivity contribution in [2.75, 3.05) is 43.8 Å². The summed E-state index contributed by atoms with van der Waals surface area (Å²) in [5.74, 6) is 3.87. The minimum absolute atomic E-state index is 0.00108. The second-order valence-corrected chi connectivity index (χ2v) is 17.2. The van der Waals surface area contributed by atoms with Crippen molar-refractivity contribution in [3.05, 3.63) is 84.0 Å². The number of nitrogens with two attached hydrogens (primary N) is 1. The van der Waals surface area contributed by atoms with E-state index in [9.17, 15) is 8.42 Å². The highest BCUT2D eigenvalue weighted by atomic mass is 32.2. The van der Waals surface area contributed by atoms with Crippen LogP contribution in [0.1, 0.15) is 87.6 Å². The Hall–Kier alpha value is -5.47. The highest BCUT2D eigenvalue weighted by molar-refractivity contribution is 7.89. The van der Waals surface area contributed by atoms with Crippen LogP contribution in [0.15, 0.2) is 61.2 Å². The average molecular weight is 857 g/mol. The third-order valence-corrected chi connectivity index (χ3v) is 12.0. The Morgan fingerprint density at radius 1 is 0.705 bits per heavy atom. The molecule has 5 N–H and O–H groups in total. The first-order chi connectivity index (χ1) is 29.6. The molecule has 19 heteroatoms. The summed E-state index contributed by atoms with van der Waals surface area (Å²) in [6.07, 6.45) is 9.52. The standard InChI is InChI=1S/C23H32N6O4S.C19H24N6O2/c1-16(2)14-34(30,31)26-13-19-27-22(24-12-17-7-9-18(32-3)10-8-17)21-23(28-19)29(15-25-21)20-6-4-5-11-33-20;1-26-14-7-5-13(6-8-14)11-21-18-17-19(24-15(10-20)23-18)25(12-22-17)16-4-2-3-9-27-16/h7-10,15-16,20,26H,4-6,11-14H2,1-3H3,(H,24,27,28);5-8,12,16H,2-4,9-11,20H2,1H3,(H,21,23,24). The molecule has 6 heterocycles. The zero-order valence-corrected chi connectivity index (χ0v) is 36.0. The van der Waals surface area contributed by atoms with Crippen molar-refractivity contribution in [2.45, 2.75) is 91.0 Å². The van der Waals surface area contributed by atoms with Crippen molar-refractivity contribution >= 4 is 44.0 Å². The van der Waals surface area contributed by atoms with E-state index >= 15 is 0 Å². The molecule has 8 rings (SSSR count). The molecule has 2 aromatic carbocycles. The van der Waals surface area contributed by atoms with Gasteiger partial charge in [-0.1, -0.05) is 38.1 Å². The fourth-order valence-electron chi connectivity index (χ4n) is 7.18. The minimum Gasteiger partial charge on any atom is -0.497 e. The Labute approximate surface area is 356 Å². The van der Waals surface area contributed by atoms with Crippen LogP contribution in [0.5, 0.6) is 11.5 Å². The number of nitrogens with zero attached hydrogens (tertiary/aromatic N) is 8. The first-order valence-electron chi connectivity index (χ1n) is 20.7. The molecule has 0 aliphatic carbocycles. The van der Waals surface area contributed by atoms with Crippen molar-refractivity contribution < 1.29 is 27.4 Å². The van der Waals surface area contributed by atoms with E-state index in [1.54, 1.807) is 26.9 Å². The Balaban J connectivity index is 0.000000189. The molecule has 2 unspecified atom stereocenters. The molecule has 326 valence electrons. The van der Waals surface area contributed by atoms with Crippen molar-refractivity contribution in [2.24, 2.45) is 11.7 Å². The monoisotopic (exact) mass is 856 g/mol. The lowest BCUT2D eigenvalue weighted by Gasteiger charge is -2.24. The Kier molecular flexibility index (Phi) is 14.6. The van der Waals surface area contributed by atoms with Crippen LogP contribution in [0.25, 0.3) is 22.3 Å². The molecule has 6 aromatic rings. The van der Waals surface area contributed by atoms with Crippen molar-refractivity contribution in [1.82, 2.24) is 43.8 Å². The lowest BCUT2D eigenvalue weighted by atomic mass is 10.2. The van der Waals surface area contributed by atoms with E-state index in [0.29, 0.717) is 54.1 Å². The van der Waals surface area contributed by atoms with Gasteiger partial charge in [-0.05, 0) is 79.8 Å². The van der Waals surface area contributed by atoms with E-state index < -0.39 is 10.0 Å². The van der Waals surface area contributed by atoms with Crippen LogP contribution in [0.3, 0.4) is 0 Å². The fraction of sp³-hybridized carbons (Fsp3) is 0.476. The molecule has 0 bridgehead atoms. The number of fused-ring (bicyclic) bond motifs is 2. The number of ether oxygens (including phenoxy) is 4. The van der Waals surface area contributed by atoms with Crippen LogP contribution >= 0.6 is 0 Å². The zero-order valence-electron chi connectivity index (χ0n) is 35.2. The van der Waals surface area contributed by atoms with Gasteiger partial charge in [-0.3, -0.25) is 9.13 Å². The highest BCUT2D eigenvalue weighted by Gasteiger charge is 2.23. The summed E-state index contributed by atoms with van der Waals surface area (Å²) in [4.78, 5) is 27.5. The van der Waals surface area contributed by atoms with Crippen LogP contribution in [0, 0.1) is 5.92 Å². The van der Waals surface area contributed by atoms with Crippen LogP contribution in [-0.2, 0) is 45.7 Å². The number of methoxy groups -OCH3 is 2. The van der Waals surface area contributed by atoms with Crippen molar-refractivity contribution in [3.63, 3.8) is 0 Å². The van der Waals surface area contributed by atoms with Gasteiger partial charge in [0.1, 0.15) is 35.6 Å². The van der Waals surface area contributed by atoms with E-state index in [0.717, 1.165) is 78.9 Å². The molecule has 61 heavy (non-hydrogen) atoms. The van der Waals surface area contributed by atoms with Gasteiger partial charge in [-0.2, -0.15) is 0 Å². The van der Waals surface area contributed by atoms with Gasteiger partial charge in [0.15, 0.2) is 34.0 Å². The first kappa shape index (κ1) is 43.6. The quantitative estimate of drug-likeness (QED) is 0.0900. The van der Waals surface area contributed by atoms with Gasteiger partial charge in [0.2, 0.25) is 10.0 Å². The molecule has 4 aromatic heterocycles. The fourth-order valence-corrected chi connectivity index (χ4v) is 8.52. The number of nitrogens with one attached hydrogen (secondary N) is 3. The Morgan fingerprint density at radius 3 is 1.61 bits per heavy atom. The highest BCUT2D eigenvalue weighted by Crippen LogP contribution is 2.30. The second kappa shape index (κ2) is 20.4. The summed E-state index contributed by atoms with van der Waals surface area (Å²) in [5, 5.41) is 6.71. The molecular weight excluding hydrogens is 801 g/mol. The number of imidazole rings is 2. The number of hydrogen-bond acceptors (Lipinski definition) is 15. The maximum Gasteiger partial charge on any atom is 0.212 e. The van der Waals surface area contributed by atoms with Crippen LogP contribution in [-0.4, -0.2) is 80.6 Å². The summed E-state index contributed by atoms with van der Waals surface area (Å²) in [7, 11) is -0.142. The summed E-state index contributed by atoms with van der Waals surface area (Å²) in [5.41, 5.74) is 10.7. The van der Waals surface area contributed by atoms with Crippen molar-refractivity contribution in [3.8, 4) is 11.5 Å². The molecule has 2 saturated heterocycles. The predicted octanol–water partition coefficient (Wildman–Crippen LogP) is 5.83. The van der Waals surface area contributed by atoms with Crippen LogP contribution in [0.2, 0.25) is 0 Å². The summed E-state index contributed by atoms with van der Waals surface area (Å²) < 4.78 is 53.5. The van der Waals surface area contributed by atoms with Gasteiger partial charge in [0.25, 0.3) is 0 Å². The smallest absolute Gasteiger partial charge is 0.212 e. The zero-order chi connectivity index (χ0) is 42.8. The van der Waals surface area contributed by atoms with Crippen LogP contribution < -0.4 is 30.6 Å². The number of benzene rings is 2. The Bertz CT molecular complexity index is 2450. The third kappa shape index (κ3) is 11.3. The number of rotatable bonds is 16. The summed E-state index contributed by atoms with van der Waals surface area (Å²) in [6.45, 7) is 6.59. The normalized spacial score (nSPS) is 17.0. The van der Waals surface area contributed by atoms with Crippen molar-refractivity contribution in [1.29, 1.82) is 0 Å². The third-order valence-electron chi connectivity index (χ3n) is 10.3. The number of hydrogen-bond donors (Lipinski definition) is 4. The molecule has 2 aliphatic rings. The van der Waals surface area contributed by atoms with E-state index in [2.05, 4.69) is 45.3 Å². The lowest BCUT2D eigenvalue weighted by Crippen LogP contribution is -2.29. The molecule has 0 saturated carbocycles. The van der Waals surface area contributed by atoms with Gasteiger partial charge in [-0.25, -0.2) is 43.0 Å². The molecule has 2 aliphatic heterocycles. The number of sulfonamides is 1. The molecule has 0 spiro atoms. The van der Waals surface area contributed by atoms with E-state index in [1.807, 2.05) is 71.5 Å². The first-order valence-corrected chi connectivity index (χ1v) is 22.4. The molecular formula is C42H56N12O6S. The van der Waals surface area contributed by atoms with Crippen LogP contribution in [0.4, 0.5) is 11.6 Å². The van der Waals surface area contributed by atoms with E-state index in [1.165, 1.54) is 0 Å². The SMILES string of the molecule is COc1ccc(CNc2nc(CN)nc3c2ncn3C2CCCCO2)cc1.COc1ccc(CNc2nc(CNS(=O)(=O)CC(C)C)nc3c2ncn3C2CCCCO2)cc1. The van der Waals surface area contributed by atoms with Gasteiger partial charge in [-0.15, -0.1) is 0 Å². The summed E-state index contributed by atoms with van der Waals surface area (Å²) >= 11 is 0. The molecule has 2 atom stereocenters. The number of anilines is 2.